The Labute approximate surface area is 170 Å². The number of nitrogens with zero attached hydrogens (tertiary/aromatic N) is 1. The van der Waals surface area contributed by atoms with E-state index >= 15 is 0 Å². The summed E-state index contributed by atoms with van der Waals surface area (Å²) in [5.74, 6) is 0.0201. The molecule has 0 aliphatic carbocycles. The molecule has 29 heavy (non-hydrogen) atoms. The molecule has 0 fully saturated rings. The van der Waals surface area contributed by atoms with E-state index in [0.717, 1.165) is 23.4 Å². The molecule has 0 saturated heterocycles. The smallest absolute Gasteiger partial charge is 0.336 e. The second-order valence-electron chi connectivity index (χ2n) is 7.11. The summed E-state index contributed by atoms with van der Waals surface area (Å²) in [5, 5.41) is 0. The molecule has 2 aromatic carbocycles. The summed E-state index contributed by atoms with van der Waals surface area (Å²) < 4.78 is 10.9. The number of carbonyl (C=O) groups is 2. The van der Waals surface area contributed by atoms with E-state index in [2.05, 4.69) is 13.5 Å². The fourth-order valence-corrected chi connectivity index (χ4v) is 3.87. The number of anilines is 1. The Bertz CT molecular complexity index is 973. The highest BCUT2D eigenvalue weighted by atomic mass is 16.5. The van der Waals surface area contributed by atoms with Crippen molar-refractivity contribution in [2.75, 3.05) is 18.1 Å². The highest BCUT2D eigenvalue weighted by molar-refractivity contribution is 6.06. The molecule has 2 aromatic rings. The largest absolute Gasteiger partial charge is 0.490 e. The fourth-order valence-electron chi connectivity index (χ4n) is 3.87. The van der Waals surface area contributed by atoms with Crippen LogP contribution in [0.2, 0.25) is 0 Å². The molecule has 148 valence electrons. The topological polar surface area (TPSA) is 55.8 Å². The lowest BCUT2D eigenvalue weighted by molar-refractivity contribution is -0.136. The number of aryl methyl sites for hydroxylation is 1. The SMILES string of the molecule is C=CCOc1ccc([C@@H]2CC(=O)N(c3ccc(CC)cc3)C3=C2C(=O)OC3)cc1. The van der Waals surface area contributed by atoms with Gasteiger partial charge >= 0.3 is 5.97 Å². The maximum atomic E-state index is 13.1. The van der Waals surface area contributed by atoms with Gasteiger partial charge in [-0.1, -0.05) is 43.8 Å². The van der Waals surface area contributed by atoms with E-state index in [1.54, 1.807) is 11.0 Å². The molecule has 0 spiro atoms. The lowest BCUT2D eigenvalue weighted by Crippen LogP contribution is -2.37. The van der Waals surface area contributed by atoms with Crippen LogP contribution in [0.25, 0.3) is 0 Å². The molecule has 0 radical (unpaired) electrons. The number of benzene rings is 2. The highest BCUT2D eigenvalue weighted by Crippen LogP contribution is 2.42. The summed E-state index contributed by atoms with van der Waals surface area (Å²) >= 11 is 0. The zero-order valence-corrected chi connectivity index (χ0v) is 16.4. The number of rotatable bonds is 6. The fraction of sp³-hybridized carbons (Fsp3) is 0.250. The second-order valence-corrected chi connectivity index (χ2v) is 7.11. The third-order valence-electron chi connectivity index (χ3n) is 5.37. The Morgan fingerprint density at radius 1 is 1.14 bits per heavy atom. The quantitative estimate of drug-likeness (QED) is 0.550. The van der Waals surface area contributed by atoms with E-state index in [1.807, 2.05) is 48.5 Å². The molecule has 2 heterocycles. The van der Waals surface area contributed by atoms with Crippen molar-refractivity contribution in [2.24, 2.45) is 0 Å². The van der Waals surface area contributed by atoms with E-state index in [1.165, 1.54) is 5.56 Å². The van der Waals surface area contributed by atoms with Crippen molar-refractivity contribution in [3.05, 3.63) is 83.6 Å². The molecule has 1 amide bonds. The predicted molar refractivity (Wildman–Crippen MR) is 111 cm³/mol. The minimum Gasteiger partial charge on any atom is -0.490 e. The molecule has 0 bridgehead atoms. The first-order chi connectivity index (χ1) is 14.1. The Kier molecular flexibility index (Phi) is 5.21. The maximum Gasteiger partial charge on any atom is 0.336 e. The van der Waals surface area contributed by atoms with Crippen molar-refractivity contribution in [1.29, 1.82) is 0 Å². The standard InChI is InChI=1S/C24H23NO4/c1-3-13-28-19-11-7-17(8-12-19)20-14-22(26)25(21-15-29-24(27)23(20)21)18-9-5-16(4-2)6-10-18/h3,5-12,20H,1,4,13-15H2,2H3/t20-/m0/s1. The number of esters is 1. The number of carbonyl (C=O) groups excluding carboxylic acids is 2. The van der Waals surface area contributed by atoms with Gasteiger partial charge in [-0.05, 0) is 41.8 Å². The van der Waals surface area contributed by atoms with Crippen LogP contribution in [-0.2, 0) is 20.7 Å². The van der Waals surface area contributed by atoms with Crippen molar-refractivity contribution in [1.82, 2.24) is 0 Å². The third kappa shape index (κ3) is 3.56. The minimum absolute atomic E-state index is 0.0386. The van der Waals surface area contributed by atoms with Gasteiger partial charge in [-0.2, -0.15) is 0 Å². The molecule has 0 aromatic heterocycles. The van der Waals surface area contributed by atoms with Gasteiger partial charge in [-0.15, -0.1) is 0 Å². The summed E-state index contributed by atoms with van der Waals surface area (Å²) in [5.41, 5.74) is 4.08. The van der Waals surface area contributed by atoms with Crippen LogP contribution >= 0.6 is 0 Å². The molecule has 5 nitrogen and oxygen atoms in total. The maximum absolute atomic E-state index is 13.1. The molecule has 0 N–H and O–H groups in total. The molecule has 0 unspecified atom stereocenters. The Balaban J connectivity index is 1.69. The van der Waals surface area contributed by atoms with Crippen molar-refractivity contribution in [2.45, 2.75) is 25.7 Å². The van der Waals surface area contributed by atoms with Crippen LogP contribution in [0.5, 0.6) is 5.75 Å². The first-order valence-corrected chi connectivity index (χ1v) is 9.78. The lowest BCUT2D eigenvalue weighted by Gasteiger charge is -2.32. The van der Waals surface area contributed by atoms with Crippen LogP contribution in [0.15, 0.2) is 72.5 Å². The number of cyclic esters (lactones) is 1. The number of amides is 1. The van der Waals surface area contributed by atoms with E-state index in [4.69, 9.17) is 9.47 Å². The monoisotopic (exact) mass is 389 g/mol. The van der Waals surface area contributed by atoms with Crippen LogP contribution in [0.1, 0.15) is 30.4 Å². The lowest BCUT2D eigenvalue weighted by atomic mass is 9.84. The van der Waals surface area contributed by atoms with E-state index in [-0.39, 0.29) is 30.8 Å². The van der Waals surface area contributed by atoms with Gasteiger partial charge in [-0.25, -0.2) is 4.79 Å². The van der Waals surface area contributed by atoms with Crippen molar-refractivity contribution >= 4 is 17.6 Å². The zero-order chi connectivity index (χ0) is 20.4. The van der Waals surface area contributed by atoms with Gasteiger partial charge in [-0.3, -0.25) is 9.69 Å². The van der Waals surface area contributed by atoms with Gasteiger partial charge in [0.2, 0.25) is 5.91 Å². The van der Waals surface area contributed by atoms with E-state index < -0.39 is 0 Å². The second kappa shape index (κ2) is 7.95. The van der Waals surface area contributed by atoms with E-state index in [0.29, 0.717) is 17.9 Å². The normalized spacial score (nSPS) is 18.5. The van der Waals surface area contributed by atoms with Gasteiger partial charge in [0.25, 0.3) is 0 Å². The third-order valence-corrected chi connectivity index (χ3v) is 5.37. The molecular weight excluding hydrogens is 366 g/mol. The summed E-state index contributed by atoms with van der Waals surface area (Å²) in [6, 6.07) is 15.4. The molecule has 4 rings (SSSR count). The van der Waals surface area contributed by atoms with Gasteiger partial charge < -0.3 is 9.47 Å². The van der Waals surface area contributed by atoms with Crippen LogP contribution in [0.3, 0.4) is 0 Å². The van der Waals surface area contributed by atoms with Gasteiger partial charge in [0.15, 0.2) is 0 Å². The Morgan fingerprint density at radius 2 is 1.86 bits per heavy atom. The van der Waals surface area contributed by atoms with E-state index in [9.17, 15) is 9.59 Å². The first-order valence-electron chi connectivity index (χ1n) is 9.78. The van der Waals surface area contributed by atoms with Crippen LogP contribution in [0.4, 0.5) is 5.69 Å². The molecule has 2 aliphatic rings. The molecule has 1 atom stereocenters. The molecule has 2 aliphatic heterocycles. The number of ether oxygens (including phenoxy) is 2. The van der Waals surface area contributed by atoms with Gasteiger partial charge in [0.05, 0.1) is 11.3 Å². The summed E-state index contributed by atoms with van der Waals surface area (Å²) in [4.78, 5) is 27.2. The molecule has 0 saturated carbocycles. The van der Waals surface area contributed by atoms with Crippen molar-refractivity contribution < 1.29 is 19.1 Å². The minimum atomic E-state index is -0.348. The van der Waals surface area contributed by atoms with Crippen molar-refractivity contribution in [3.63, 3.8) is 0 Å². The summed E-state index contributed by atoms with van der Waals surface area (Å²) in [6.07, 6.45) is 2.83. The highest BCUT2D eigenvalue weighted by Gasteiger charge is 2.42. The van der Waals surface area contributed by atoms with Gasteiger partial charge in [0, 0.05) is 18.0 Å². The Morgan fingerprint density at radius 3 is 2.52 bits per heavy atom. The number of hydrogen-bond donors (Lipinski definition) is 0. The summed E-state index contributed by atoms with van der Waals surface area (Å²) in [7, 11) is 0. The molecular formula is C24H23NO4. The van der Waals surface area contributed by atoms with Gasteiger partial charge in [0.1, 0.15) is 19.0 Å². The molecule has 5 heteroatoms. The predicted octanol–water partition coefficient (Wildman–Crippen LogP) is 4.15. The average Bonchev–Trinajstić information content (AvgIpc) is 3.13. The first kappa shape index (κ1) is 19.0. The zero-order valence-electron chi connectivity index (χ0n) is 16.4. The summed E-state index contributed by atoms with van der Waals surface area (Å²) in [6.45, 7) is 6.27. The van der Waals surface area contributed by atoms with Crippen LogP contribution in [0, 0.1) is 0 Å². The van der Waals surface area contributed by atoms with Crippen LogP contribution < -0.4 is 9.64 Å². The number of hydrogen-bond acceptors (Lipinski definition) is 4. The van der Waals surface area contributed by atoms with Crippen molar-refractivity contribution in [3.8, 4) is 5.75 Å². The average molecular weight is 389 g/mol. The van der Waals surface area contributed by atoms with Crippen LogP contribution in [-0.4, -0.2) is 25.1 Å². The Hall–Kier alpha value is -3.34.